The number of nitrogens with zero attached hydrogens (tertiary/aromatic N) is 8. The van der Waals surface area contributed by atoms with Crippen molar-refractivity contribution in [3.05, 3.63) is 24.0 Å². The van der Waals surface area contributed by atoms with E-state index in [1.807, 2.05) is 18.2 Å². The predicted molar refractivity (Wildman–Crippen MR) is 68.0 cm³/mol. The van der Waals surface area contributed by atoms with Gasteiger partial charge in [0.25, 0.3) is 0 Å². The SMILES string of the molecule is c1cc2c(cc1-n1nnnc1SCc1nnn[n-]1)OCO2. The van der Waals surface area contributed by atoms with Gasteiger partial charge in [-0.3, -0.25) is 10.3 Å². The van der Waals surface area contributed by atoms with Gasteiger partial charge in [-0.25, -0.2) is 0 Å². The van der Waals surface area contributed by atoms with E-state index in [1.54, 1.807) is 4.68 Å². The number of hydrogen-bond acceptors (Lipinski definition) is 9. The van der Waals surface area contributed by atoms with Gasteiger partial charge >= 0.3 is 0 Å². The molecule has 1 aliphatic heterocycles. The highest BCUT2D eigenvalue weighted by Gasteiger charge is 2.16. The Hall–Kier alpha value is -2.69. The molecule has 21 heavy (non-hydrogen) atoms. The highest BCUT2D eigenvalue weighted by Crippen LogP contribution is 2.34. The Morgan fingerprint density at radius 1 is 1.19 bits per heavy atom. The summed E-state index contributed by atoms with van der Waals surface area (Å²) in [4.78, 5) is 0. The lowest BCUT2D eigenvalue weighted by Gasteiger charge is -2.05. The molecule has 3 aromatic rings. The molecule has 0 amide bonds. The number of ether oxygens (including phenoxy) is 2. The van der Waals surface area contributed by atoms with Crippen LogP contribution < -0.4 is 14.6 Å². The first-order valence-electron chi connectivity index (χ1n) is 5.89. The Labute approximate surface area is 121 Å². The van der Waals surface area contributed by atoms with Gasteiger partial charge in [0.1, 0.15) is 0 Å². The van der Waals surface area contributed by atoms with Crippen LogP contribution in [0.5, 0.6) is 11.5 Å². The van der Waals surface area contributed by atoms with Crippen molar-refractivity contribution in [2.45, 2.75) is 10.9 Å². The summed E-state index contributed by atoms with van der Waals surface area (Å²) >= 11 is 1.39. The van der Waals surface area contributed by atoms with Crippen LogP contribution in [0.25, 0.3) is 5.69 Å². The fourth-order valence-electron chi connectivity index (χ4n) is 1.80. The molecule has 106 valence electrons. The van der Waals surface area contributed by atoms with E-state index in [0.717, 1.165) is 5.69 Å². The van der Waals surface area contributed by atoms with Gasteiger partial charge in [0.05, 0.1) is 5.69 Å². The van der Waals surface area contributed by atoms with Crippen molar-refractivity contribution in [1.82, 2.24) is 40.8 Å². The first-order valence-corrected chi connectivity index (χ1v) is 6.87. The summed E-state index contributed by atoms with van der Waals surface area (Å²) in [6, 6.07) is 5.50. The van der Waals surface area contributed by atoms with E-state index in [2.05, 4.69) is 36.1 Å². The molecule has 11 heteroatoms. The summed E-state index contributed by atoms with van der Waals surface area (Å²) in [5, 5.41) is 26.6. The van der Waals surface area contributed by atoms with Gasteiger partial charge < -0.3 is 14.6 Å². The van der Waals surface area contributed by atoms with Crippen molar-refractivity contribution in [1.29, 1.82) is 0 Å². The van der Waals surface area contributed by atoms with Gasteiger partial charge in [-0.1, -0.05) is 11.8 Å². The fourth-order valence-corrected chi connectivity index (χ4v) is 2.53. The van der Waals surface area contributed by atoms with Gasteiger partial charge in [-0.05, 0) is 22.6 Å². The number of aromatic nitrogens is 8. The molecule has 0 saturated carbocycles. The van der Waals surface area contributed by atoms with Gasteiger partial charge in [0.15, 0.2) is 11.5 Å². The molecule has 0 N–H and O–H groups in total. The van der Waals surface area contributed by atoms with E-state index in [0.29, 0.717) is 28.2 Å². The molecule has 0 radical (unpaired) electrons. The lowest BCUT2D eigenvalue weighted by molar-refractivity contribution is 0.174. The second-order valence-electron chi connectivity index (χ2n) is 3.99. The molecule has 0 spiro atoms. The second-order valence-corrected chi connectivity index (χ2v) is 4.94. The van der Waals surface area contributed by atoms with Crippen LogP contribution in [0.3, 0.4) is 0 Å². The minimum Gasteiger partial charge on any atom is -0.454 e. The Balaban J connectivity index is 1.59. The number of rotatable bonds is 4. The summed E-state index contributed by atoms with van der Waals surface area (Å²) in [6.07, 6.45) is 0. The highest BCUT2D eigenvalue weighted by atomic mass is 32.2. The molecule has 0 aliphatic carbocycles. The van der Waals surface area contributed by atoms with E-state index >= 15 is 0 Å². The predicted octanol–water partition coefficient (Wildman–Crippen LogP) is -0.175. The molecule has 1 aromatic carbocycles. The van der Waals surface area contributed by atoms with Crippen LogP contribution in [-0.4, -0.2) is 42.5 Å². The molecule has 0 bridgehead atoms. The smallest absolute Gasteiger partial charge is 0.231 e. The van der Waals surface area contributed by atoms with E-state index in [9.17, 15) is 0 Å². The van der Waals surface area contributed by atoms with Crippen LogP contribution >= 0.6 is 11.8 Å². The van der Waals surface area contributed by atoms with Gasteiger partial charge in [0, 0.05) is 17.6 Å². The zero-order chi connectivity index (χ0) is 14.1. The molecule has 10 nitrogen and oxygen atoms in total. The zero-order valence-corrected chi connectivity index (χ0v) is 11.3. The zero-order valence-electron chi connectivity index (χ0n) is 10.4. The van der Waals surface area contributed by atoms with Crippen molar-refractivity contribution in [2.75, 3.05) is 6.79 Å². The molecule has 3 heterocycles. The molecule has 2 aromatic heterocycles. The van der Waals surface area contributed by atoms with E-state index in [-0.39, 0.29) is 6.79 Å². The lowest BCUT2D eigenvalue weighted by atomic mass is 10.3. The number of thioether (sulfide) groups is 1. The summed E-state index contributed by atoms with van der Waals surface area (Å²) in [7, 11) is 0. The minimum absolute atomic E-state index is 0.227. The first kappa shape index (κ1) is 12.1. The molecule has 0 saturated heterocycles. The van der Waals surface area contributed by atoms with E-state index < -0.39 is 0 Å². The molecule has 0 atom stereocenters. The van der Waals surface area contributed by atoms with Crippen LogP contribution in [0, 0.1) is 0 Å². The van der Waals surface area contributed by atoms with Crippen molar-refractivity contribution in [2.24, 2.45) is 0 Å². The molecule has 1 aliphatic rings. The van der Waals surface area contributed by atoms with Crippen LogP contribution in [0.15, 0.2) is 23.4 Å². The van der Waals surface area contributed by atoms with Crippen molar-refractivity contribution in [3.63, 3.8) is 0 Å². The third kappa shape index (κ3) is 2.27. The molecular formula is C10H7N8O2S-. The minimum atomic E-state index is 0.227. The Bertz CT molecular complexity index is 758. The van der Waals surface area contributed by atoms with Crippen molar-refractivity contribution >= 4 is 11.8 Å². The summed E-state index contributed by atoms with van der Waals surface area (Å²) in [5.41, 5.74) is 0.784. The van der Waals surface area contributed by atoms with Crippen LogP contribution in [0.4, 0.5) is 0 Å². The molecule has 0 fully saturated rings. The van der Waals surface area contributed by atoms with Crippen LogP contribution in [0.1, 0.15) is 5.82 Å². The number of tetrazole rings is 2. The molecular weight excluding hydrogens is 296 g/mol. The third-order valence-corrected chi connectivity index (χ3v) is 3.65. The number of benzene rings is 1. The normalized spacial score (nSPS) is 12.8. The molecule has 4 rings (SSSR count). The number of fused-ring (bicyclic) bond motifs is 1. The Morgan fingerprint density at radius 3 is 3.05 bits per heavy atom. The van der Waals surface area contributed by atoms with Gasteiger partial charge in [0.2, 0.25) is 11.9 Å². The summed E-state index contributed by atoms with van der Waals surface area (Å²) < 4.78 is 12.2. The van der Waals surface area contributed by atoms with Crippen LogP contribution in [0.2, 0.25) is 0 Å². The average molecular weight is 303 g/mol. The quantitative estimate of drug-likeness (QED) is 0.601. The van der Waals surface area contributed by atoms with E-state index in [1.165, 1.54) is 11.8 Å². The summed E-state index contributed by atoms with van der Waals surface area (Å²) in [5.74, 6) is 2.40. The standard InChI is InChI=1S/C10H7N8O2S/c1-2-7-8(20-5-19-7)3-6(1)18-10(13-16-17-18)21-4-9-11-14-15-12-9/h1-3H,4-5H2/q-1. The van der Waals surface area contributed by atoms with E-state index in [4.69, 9.17) is 9.47 Å². The highest BCUT2D eigenvalue weighted by molar-refractivity contribution is 7.98. The second kappa shape index (κ2) is 5.01. The summed E-state index contributed by atoms with van der Waals surface area (Å²) in [6.45, 7) is 0.227. The average Bonchev–Trinajstić information content (AvgIpc) is 3.24. The van der Waals surface area contributed by atoms with Crippen molar-refractivity contribution in [3.8, 4) is 17.2 Å². The Morgan fingerprint density at radius 2 is 2.14 bits per heavy atom. The van der Waals surface area contributed by atoms with Crippen LogP contribution in [-0.2, 0) is 5.75 Å². The van der Waals surface area contributed by atoms with Gasteiger partial charge in [-0.2, -0.15) is 9.90 Å². The maximum atomic E-state index is 5.35. The fraction of sp³-hybridized carbons (Fsp3) is 0.200. The maximum Gasteiger partial charge on any atom is 0.231 e. The Kier molecular flexibility index (Phi) is 2.88. The lowest BCUT2D eigenvalue weighted by Crippen LogP contribution is -1.99. The third-order valence-electron chi connectivity index (χ3n) is 2.73. The largest absolute Gasteiger partial charge is 0.454 e. The molecule has 0 unspecified atom stereocenters. The maximum absolute atomic E-state index is 5.35. The van der Waals surface area contributed by atoms with Gasteiger partial charge in [-0.15, -0.1) is 5.10 Å². The monoisotopic (exact) mass is 303 g/mol. The first-order chi connectivity index (χ1) is 10.4. The topological polar surface area (TPSA) is 115 Å². The van der Waals surface area contributed by atoms with Crippen molar-refractivity contribution < 1.29 is 9.47 Å². The number of hydrogen-bond donors (Lipinski definition) is 0.